The zero-order chi connectivity index (χ0) is 14.3. The number of aliphatic imine (C=N–C) groups is 2. The van der Waals surface area contributed by atoms with Crippen LogP contribution in [0.5, 0.6) is 0 Å². The van der Waals surface area contributed by atoms with Crippen molar-refractivity contribution >= 4 is 12.2 Å². The number of carbonyl (C=O) groups excluding carboxylic acids is 2. The van der Waals surface area contributed by atoms with Gasteiger partial charge in [-0.15, -0.1) is 0 Å². The molecule has 100 valence electrons. The van der Waals surface area contributed by atoms with Crippen molar-refractivity contribution in [3.63, 3.8) is 0 Å². The average molecular weight is 266 g/mol. The van der Waals surface area contributed by atoms with Gasteiger partial charge in [0.2, 0.25) is 12.2 Å². The third kappa shape index (κ3) is 3.48. The van der Waals surface area contributed by atoms with E-state index in [4.69, 9.17) is 0 Å². The number of nitrogens with zero attached hydrogens (tertiary/aromatic N) is 2. The van der Waals surface area contributed by atoms with Gasteiger partial charge in [0.25, 0.3) is 0 Å². The Morgan fingerprint density at radius 3 is 2.30 bits per heavy atom. The summed E-state index contributed by atoms with van der Waals surface area (Å²) in [5, 5.41) is 0. The van der Waals surface area contributed by atoms with Crippen molar-refractivity contribution in [2.45, 2.75) is 24.9 Å². The Labute approximate surface area is 117 Å². The minimum Gasteiger partial charge on any atom is -0.211 e. The topological polar surface area (TPSA) is 58.9 Å². The fourth-order valence-electron chi connectivity index (χ4n) is 2.13. The standard InChI is InChI=1S/C16H14N2O2/c19-12-17-16(18-13-20)10-8-15(9-11-16)7-6-14-4-2-1-3-5-14/h1-5,8-10H,6-7,11H2. The van der Waals surface area contributed by atoms with E-state index in [9.17, 15) is 9.59 Å². The van der Waals surface area contributed by atoms with E-state index in [2.05, 4.69) is 22.1 Å². The highest BCUT2D eigenvalue weighted by molar-refractivity contribution is 5.43. The van der Waals surface area contributed by atoms with Crippen LogP contribution in [0.3, 0.4) is 0 Å². The van der Waals surface area contributed by atoms with Crippen LogP contribution in [-0.4, -0.2) is 17.8 Å². The highest BCUT2D eigenvalue weighted by Crippen LogP contribution is 2.27. The smallest absolute Gasteiger partial charge is 0.211 e. The molecule has 2 rings (SSSR count). The highest BCUT2D eigenvalue weighted by Gasteiger charge is 2.27. The van der Waals surface area contributed by atoms with Gasteiger partial charge >= 0.3 is 0 Å². The number of hydrogen-bond acceptors (Lipinski definition) is 4. The monoisotopic (exact) mass is 266 g/mol. The molecule has 0 amide bonds. The Morgan fingerprint density at radius 2 is 1.75 bits per heavy atom. The Balaban J connectivity index is 2.01. The van der Waals surface area contributed by atoms with Crippen molar-refractivity contribution in [1.82, 2.24) is 0 Å². The van der Waals surface area contributed by atoms with Crippen LogP contribution in [0.2, 0.25) is 0 Å². The molecule has 0 aliphatic heterocycles. The molecule has 0 bridgehead atoms. The molecule has 0 spiro atoms. The van der Waals surface area contributed by atoms with E-state index in [1.165, 1.54) is 17.7 Å². The maximum Gasteiger partial charge on any atom is 0.237 e. The molecule has 0 aromatic heterocycles. The SMILES string of the molecule is O=C=NC1(N=C=O)C=CC(CCc2ccccc2)=CC1. The predicted octanol–water partition coefficient (Wildman–Crippen LogP) is 2.87. The highest BCUT2D eigenvalue weighted by atomic mass is 16.1. The number of hydrogen-bond donors (Lipinski definition) is 0. The molecule has 1 aromatic carbocycles. The van der Waals surface area contributed by atoms with Crippen molar-refractivity contribution in [2.24, 2.45) is 9.98 Å². The van der Waals surface area contributed by atoms with Crippen molar-refractivity contribution in [3.8, 4) is 0 Å². The minimum absolute atomic E-state index is 0.387. The summed E-state index contributed by atoms with van der Waals surface area (Å²) in [7, 11) is 0. The van der Waals surface area contributed by atoms with Gasteiger partial charge in [0, 0.05) is 6.42 Å². The summed E-state index contributed by atoms with van der Waals surface area (Å²) < 4.78 is 0. The Bertz CT molecular complexity index is 601. The first-order valence-electron chi connectivity index (χ1n) is 6.38. The second kappa shape index (κ2) is 6.58. The molecule has 0 saturated heterocycles. The van der Waals surface area contributed by atoms with Gasteiger partial charge in [0.1, 0.15) is 0 Å². The maximum atomic E-state index is 10.4. The summed E-state index contributed by atoms with van der Waals surface area (Å²) >= 11 is 0. The normalized spacial score (nSPS) is 20.5. The number of isocyanates is 2. The molecule has 1 aliphatic rings. The third-order valence-corrected chi connectivity index (χ3v) is 3.25. The summed E-state index contributed by atoms with van der Waals surface area (Å²) in [5.74, 6) is 0. The molecule has 0 fully saturated rings. The van der Waals surface area contributed by atoms with Crippen LogP contribution >= 0.6 is 0 Å². The van der Waals surface area contributed by atoms with Crippen LogP contribution in [0.25, 0.3) is 0 Å². The minimum atomic E-state index is -1.14. The zero-order valence-electron chi connectivity index (χ0n) is 11.0. The molecule has 0 atom stereocenters. The van der Waals surface area contributed by atoms with Crippen LogP contribution < -0.4 is 0 Å². The van der Waals surface area contributed by atoms with Gasteiger partial charge < -0.3 is 0 Å². The van der Waals surface area contributed by atoms with Crippen LogP contribution in [0.1, 0.15) is 18.4 Å². The van der Waals surface area contributed by atoms with Gasteiger partial charge in [0.15, 0.2) is 5.66 Å². The first-order chi connectivity index (χ1) is 9.78. The van der Waals surface area contributed by atoms with Crippen LogP contribution in [0.15, 0.2) is 64.1 Å². The molecule has 0 heterocycles. The summed E-state index contributed by atoms with van der Waals surface area (Å²) in [4.78, 5) is 28.0. The van der Waals surface area contributed by atoms with Gasteiger partial charge in [-0.05, 0) is 24.5 Å². The second-order valence-electron chi connectivity index (χ2n) is 4.59. The fourth-order valence-corrected chi connectivity index (χ4v) is 2.13. The molecule has 0 N–H and O–H groups in total. The number of rotatable bonds is 5. The van der Waals surface area contributed by atoms with Gasteiger partial charge in [0.05, 0.1) is 0 Å². The van der Waals surface area contributed by atoms with Crippen LogP contribution in [0, 0.1) is 0 Å². The van der Waals surface area contributed by atoms with Gasteiger partial charge in [-0.1, -0.05) is 48.1 Å². The van der Waals surface area contributed by atoms with Gasteiger partial charge in [-0.2, -0.15) is 9.98 Å². The molecule has 0 unspecified atom stereocenters. The molecule has 20 heavy (non-hydrogen) atoms. The predicted molar refractivity (Wildman–Crippen MR) is 75.6 cm³/mol. The van der Waals surface area contributed by atoms with E-state index in [0.717, 1.165) is 18.4 Å². The van der Waals surface area contributed by atoms with Gasteiger partial charge in [-0.25, -0.2) is 9.59 Å². The molecule has 0 saturated carbocycles. The summed E-state index contributed by atoms with van der Waals surface area (Å²) in [6.07, 6.45) is 10.6. The summed E-state index contributed by atoms with van der Waals surface area (Å²) in [6, 6.07) is 10.2. The molecular formula is C16H14N2O2. The quantitative estimate of drug-likeness (QED) is 0.607. The summed E-state index contributed by atoms with van der Waals surface area (Å²) in [5.41, 5.74) is 1.28. The van der Waals surface area contributed by atoms with Crippen molar-refractivity contribution in [1.29, 1.82) is 0 Å². The Kier molecular flexibility index (Phi) is 4.56. The van der Waals surface area contributed by atoms with Crippen LogP contribution in [-0.2, 0) is 16.0 Å². The van der Waals surface area contributed by atoms with Crippen molar-refractivity contribution < 1.29 is 9.59 Å². The van der Waals surface area contributed by atoms with E-state index in [0.29, 0.717) is 6.42 Å². The third-order valence-electron chi connectivity index (χ3n) is 3.25. The summed E-state index contributed by atoms with van der Waals surface area (Å²) in [6.45, 7) is 0. The van der Waals surface area contributed by atoms with E-state index in [1.807, 2.05) is 30.4 Å². The van der Waals surface area contributed by atoms with Crippen LogP contribution in [0.4, 0.5) is 0 Å². The number of aryl methyl sites for hydroxylation is 1. The number of allylic oxidation sites excluding steroid dienone is 2. The molecule has 4 heteroatoms. The van der Waals surface area contributed by atoms with Crippen molar-refractivity contribution in [2.75, 3.05) is 0 Å². The lowest BCUT2D eigenvalue weighted by molar-refractivity contribution is 0.512. The van der Waals surface area contributed by atoms with E-state index in [1.54, 1.807) is 6.08 Å². The lowest BCUT2D eigenvalue weighted by Gasteiger charge is -2.20. The maximum absolute atomic E-state index is 10.4. The first-order valence-corrected chi connectivity index (χ1v) is 6.38. The number of benzene rings is 1. The fraction of sp³-hybridized carbons (Fsp3) is 0.250. The molecular weight excluding hydrogens is 252 g/mol. The van der Waals surface area contributed by atoms with E-state index in [-0.39, 0.29) is 0 Å². The second-order valence-corrected chi connectivity index (χ2v) is 4.59. The van der Waals surface area contributed by atoms with E-state index >= 15 is 0 Å². The molecule has 4 nitrogen and oxygen atoms in total. The van der Waals surface area contributed by atoms with Gasteiger partial charge in [-0.3, -0.25) is 0 Å². The van der Waals surface area contributed by atoms with Crippen molar-refractivity contribution in [3.05, 3.63) is 59.7 Å². The van der Waals surface area contributed by atoms with E-state index < -0.39 is 5.66 Å². The average Bonchev–Trinajstić information content (AvgIpc) is 2.48. The molecule has 1 aliphatic carbocycles. The Morgan fingerprint density at radius 1 is 1.05 bits per heavy atom. The Hall–Kier alpha value is -2.54. The first kappa shape index (κ1) is 13.9. The molecule has 1 aromatic rings. The zero-order valence-corrected chi connectivity index (χ0v) is 11.0. The largest absolute Gasteiger partial charge is 0.237 e. The molecule has 0 radical (unpaired) electrons. The lowest BCUT2D eigenvalue weighted by atomic mass is 9.94. The lowest BCUT2D eigenvalue weighted by Crippen LogP contribution is -2.21.